The van der Waals surface area contributed by atoms with E-state index in [2.05, 4.69) is 13.0 Å². The standard InChI is InChI=1S/C18H22O4/c1-11-3-5-12(6-4-11)13-9-15-16(21-2)8-7-14(18(19)20)17(15)22-10-13/h3,7-8,12-13H,4-6,9-10H2,1-2H3,(H,19,20)/t12-,13?/m1/s1. The van der Waals surface area contributed by atoms with Gasteiger partial charge >= 0.3 is 5.97 Å². The molecule has 4 nitrogen and oxygen atoms in total. The highest BCUT2D eigenvalue weighted by molar-refractivity contribution is 5.92. The molecule has 1 unspecified atom stereocenters. The van der Waals surface area contributed by atoms with Gasteiger partial charge in [0.1, 0.15) is 17.1 Å². The van der Waals surface area contributed by atoms with Crippen LogP contribution in [0.2, 0.25) is 0 Å². The predicted octanol–water partition coefficient (Wildman–Crippen LogP) is 3.69. The number of hydrogen-bond donors (Lipinski definition) is 1. The summed E-state index contributed by atoms with van der Waals surface area (Å²) >= 11 is 0. The smallest absolute Gasteiger partial charge is 0.339 e. The molecule has 0 saturated heterocycles. The molecule has 0 saturated carbocycles. The van der Waals surface area contributed by atoms with Crippen molar-refractivity contribution in [3.63, 3.8) is 0 Å². The highest BCUT2D eigenvalue weighted by atomic mass is 16.5. The average Bonchev–Trinajstić information content (AvgIpc) is 2.53. The molecule has 2 atom stereocenters. The van der Waals surface area contributed by atoms with E-state index in [4.69, 9.17) is 9.47 Å². The van der Waals surface area contributed by atoms with Crippen molar-refractivity contribution in [1.29, 1.82) is 0 Å². The first-order valence-corrected chi connectivity index (χ1v) is 7.81. The minimum Gasteiger partial charge on any atom is -0.496 e. The largest absolute Gasteiger partial charge is 0.496 e. The zero-order valence-electron chi connectivity index (χ0n) is 13.1. The molecule has 0 radical (unpaired) electrons. The fourth-order valence-corrected chi connectivity index (χ4v) is 3.56. The quantitative estimate of drug-likeness (QED) is 0.865. The lowest BCUT2D eigenvalue weighted by atomic mass is 9.77. The molecule has 0 spiro atoms. The Bertz CT molecular complexity index is 618. The second-order valence-electron chi connectivity index (χ2n) is 6.29. The number of carboxylic acids is 1. The van der Waals surface area contributed by atoms with E-state index >= 15 is 0 Å². The number of ether oxygens (including phenoxy) is 2. The number of rotatable bonds is 3. The van der Waals surface area contributed by atoms with Crippen molar-refractivity contribution in [2.24, 2.45) is 11.8 Å². The molecule has 0 bridgehead atoms. The summed E-state index contributed by atoms with van der Waals surface area (Å²) in [6.45, 7) is 2.78. The molecule has 2 aliphatic rings. The molecular weight excluding hydrogens is 280 g/mol. The molecule has 118 valence electrons. The fourth-order valence-electron chi connectivity index (χ4n) is 3.56. The third kappa shape index (κ3) is 2.70. The molecule has 4 heteroatoms. The fraction of sp³-hybridized carbons (Fsp3) is 0.500. The van der Waals surface area contributed by atoms with E-state index in [0.717, 1.165) is 30.6 Å². The number of allylic oxidation sites excluding steroid dienone is 2. The second-order valence-corrected chi connectivity index (χ2v) is 6.29. The Hall–Kier alpha value is -1.97. The number of carbonyl (C=O) groups is 1. The molecular formula is C18H22O4. The van der Waals surface area contributed by atoms with Gasteiger partial charge in [-0.3, -0.25) is 0 Å². The minimum absolute atomic E-state index is 0.230. The number of methoxy groups -OCH3 is 1. The van der Waals surface area contributed by atoms with Crippen LogP contribution in [0.1, 0.15) is 42.1 Å². The minimum atomic E-state index is -0.950. The van der Waals surface area contributed by atoms with Crippen molar-refractivity contribution >= 4 is 5.97 Å². The average molecular weight is 302 g/mol. The molecule has 1 heterocycles. The molecule has 22 heavy (non-hydrogen) atoms. The zero-order valence-corrected chi connectivity index (χ0v) is 13.1. The topological polar surface area (TPSA) is 55.8 Å². The van der Waals surface area contributed by atoms with Gasteiger partial charge < -0.3 is 14.6 Å². The first kappa shape index (κ1) is 14.9. The third-order valence-corrected chi connectivity index (χ3v) is 4.92. The van der Waals surface area contributed by atoms with Crippen LogP contribution in [-0.2, 0) is 6.42 Å². The Morgan fingerprint density at radius 1 is 1.36 bits per heavy atom. The lowest BCUT2D eigenvalue weighted by molar-refractivity contribution is 0.0686. The van der Waals surface area contributed by atoms with Crippen molar-refractivity contribution < 1.29 is 19.4 Å². The van der Waals surface area contributed by atoms with Crippen LogP contribution in [0, 0.1) is 11.8 Å². The molecule has 0 aromatic heterocycles. The van der Waals surface area contributed by atoms with E-state index in [0.29, 0.717) is 24.2 Å². The van der Waals surface area contributed by atoms with Gasteiger partial charge in [0.25, 0.3) is 0 Å². The van der Waals surface area contributed by atoms with E-state index in [1.54, 1.807) is 19.2 Å². The summed E-state index contributed by atoms with van der Waals surface area (Å²) in [6.07, 6.45) is 6.59. The summed E-state index contributed by atoms with van der Waals surface area (Å²) in [5, 5.41) is 9.32. The first-order valence-electron chi connectivity index (χ1n) is 7.81. The predicted molar refractivity (Wildman–Crippen MR) is 83.7 cm³/mol. The van der Waals surface area contributed by atoms with E-state index in [-0.39, 0.29) is 5.56 Å². The maximum atomic E-state index is 11.4. The van der Waals surface area contributed by atoms with Crippen LogP contribution in [0.25, 0.3) is 0 Å². The summed E-state index contributed by atoms with van der Waals surface area (Å²) in [5.41, 5.74) is 2.61. The Balaban J connectivity index is 1.88. The summed E-state index contributed by atoms with van der Waals surface area (Å²) in [6, 6.07) is 3.30. The van der Waals surface area contributed by atoms with Crippen LogP contribution in [-0.4, -0.2) is 24.8 Å². The third-order valence-electron chi connectivity index (χ3n) is 4.92. The summed E-state index contributed by atoms with van der Waals surface area (Å²) in [4.78, 5) is 11.4. The molecule has 0 fully saturated rings. The van der Waals surface area contributed by atoms with Gasteiger partial charge in [0.2, 0.25) is 0 Å². The summed E-state index contributed by atoms with van der Waals surface area (Å²) < 4.78 is 11.3. The molecule has 0 amide bonds. The van der Waals surface area contributed by atoms with Gasteiger partial charge in [0, 0.05) is 11.5 Å². The summed E-state index contributed by atoms with van der Waals surface area (Å²) in [5.74, 6) is 1.30. The normalized spacial score (nSPS) is 24.0. The van der Waals surface area contributed by atoms with Crippen molar-refractivity contribution in [3.8, 4) is 11.5 Å². The Labute approximate surface area is 130 Å². The van der Waals surface area contributed by atoms with Crippen LogP contribution in [0.3, 0.4) is 0 Å². The van der Waals surface area contributed by atoms with Gasteiger partial charge in [0.05, 0.1) is 13.7 Å². The Kier molecular flexibility index (Phi) is 4.10. The Morgan fingerprint density at radius 3 is 2.82 bits per heavy atom. The maximum Gasteiger partial charge on any atom is 0.339 e. The number of fused-ring (bicyclic) bond motifs is 1. The number of benzene rings is 1. The van der Waals surface area contributed by atoms with Crippen LogP contribution in [0.15, 0.2) is 23.8 Å². The van der Waals surface area contributed by atoms with Crippen molar-refractivity contribution in [1.82, 2.24) is 0 Å². The van der Waals surface area contributed by atoms with Crippen molar-refractivity contribution in [2.45, 2.75) is 32.6 Å². The van der Waals surface area contributed by atoms with Gasteiger partial charge in [-0.1, -0.05) is 11.6 Å². The van der Waals surface area contributed by atoms with Crippen LogP contribution >= 0.6 is 0 Å². The van der Waals surface area contributed by atoms with Crippen LogP contribution in [0.4, 0.5) is 0 Å². The van der Waals surface area contributed by atoms with Crippen LogP contribution < -0.4 is 9.47 Å². The van der Waals surface area contributed by atoms with E-state index in [9.17, 15) is 9.90 Å². The monoisotopic (exact) mass is 302 g/mol. The van der Waals surface area contributed by atoms with Crippen molar-refractivity contribution in [3.05, 3.63) is 34.9 Å². The van der Waals surface area contributed by atoms with Gasteiger partial charge in [-0.15, -0.1) is 0 Å². The lowest BCUT2D eigenvalue weighted by Gasteiger charge is -2.34. The Morgan fingerprint density at radius 2 is 2.18 bits per heavy atom. The second kappa shape index (κ2) is 6.03. The summed E-state index contributed by atoms with van der Waals surface area (Å²) in [7, 11) is 1.62. The number of hydrogen-bond acceptors (Lipinski definition) is 3. The lowest BCUT2D eigenvalue weighted by Crippen LogP contribution is -2.30. The van der Waals surface area contributed by atoms with Gasteiger partial charge in [-0.05, 0) is 50.7 Å². The highest BCUT2D eigenvalue weighted by Gasteiger charge is 2.32. The molecule has 3 rings (SSSR count). The first-order chi connectivity index (χ1) is 10.6. The highest BCUT2D eigenvalue weighted by Crippen LogP contribution is 2.41. The van der Waals surface area contributed by atoms with Gasteiger partial charge in [-0.2, -0.15) is 0 Å². The van der Waals surface area contributed by atoms with Gasteiger partial charge in [0.15, 0.2) is 0 Å². The van der Waals surface area contributed by atoms with E-state index < -0.39 is 5.97 Å². The maximum absolute atomic E-state index is 11.4. The molecule has 1 aromatic carbocycles. The molecule has 1 aliphatic heterocycles. The van der Waals surface area contributed by atoms with Crippen molar-refractivity contribution in [2.75, 3.05) is 13.7 Å². The SMILES string of the molecule is COc1ccc(C(=O)O)c2c1CC([C@@H]1CC=C(C)CC1)CO2. The number of aromatic carboxylic acids is 1. The molecule has 1 aromatic rings. The van der Waals surface area contributed by atoms with E-state index in [1.165, 1.54) is 12.0 Å². The van der Waals surface area contributed by atoms with Crippen LogP contribution in [0.5, 0.6) is 11.5 Å². The van der Waals surface area contributed by atoms with E-state index in [1.807, 2.05) is 0 Å². The number of carboxylic acid groups (broad SMARTS) is 1. The molecule has 1 N–H and O–H groups in total. The van der Waals surface area contributed by atoms with Gasteiger partial charge in [-0.25, -0.2) is 4.79 Å². The molecule has 1 aliphatic carbocycles. The zero-order chi connectivity index (χ0) is 15.7.